The quantitative estimate of drug-likeness (QED) is 0.835. The molecule has 0 saturated heterocycles. The summed E-state index contributed by atoms with van der Waals surface area (Å²) in [5.41, 5.74) is 8.94. The summed E-state index contributed by atoms with van der Waals surface area (Å²) in [6, 6.07) is 12.1. The minimum Gasteiger partial charge on any atom is -0.399 e. The van der Waals surface area contributed by atoms with Gasteiger partial charge in [0.1, 0.15) is 5.82 Å². The SMILES string of the molecule is CCC(=O)N1c2ccc(F)cc2[C@H](Nc2ccc(N)cc2)C[C@@H]1C. The van der Waals surface area contributed by atoms with Gasteiger partial charge in [-0.3, -0.25) is 4.79 Å². The third kappa shape index (κ3) is 3.07. The zero-order valence-electron chi connectivity index (χ0n) is 13.9. The second-order valence-corrected chi connectivity index (χ2v) is 6.22. The fourth-order valence-corrected chi connectivity index (χ4v) is 3.30. The molecule has 2 aromatic rings. The van der Waals surface area contributed by atoms with E-state index in [4.69, 9.17) is 5.73 Å². The number of halogens is 1. The van der Waals surface area contributed by atoms with E-state index in [1.165, 1.54) is 12.1 Å². The summed E-state index contributed by atoms with van der Waals surface area (Å²) in [4.78, 5) is 14.1. The summed E-state index contributed by atoms with van der Waals surface area (Å²) in [7, 11) is 0. The monoisotopic (exact) mass is 327 g/mol. The van der Waals surface area contributed by atoms with E-state index < -0.39 is 0 Å². The first-order valence-electron chi connectivity index (χ1n) is 8.23. The van der Waals surface area contributed by atoms with Crippen molar-refractivity contribution in [2.75, 3.05) is 16.0 Å². The molecule has 0 aromatic heterocycles. The van der Waals surface area contributed by atoms with Gasteiger partial charge in [-0.2, -0.15) is 0 Å². The molecule has 0 bridgehead atoms. The molecule has 1 aliphatic rings. The summed E-state index contributed by atoms with van der Waals surface area (Å²) >= 11 is 0. The van der Waals surface area contributed by atoms with Gasteiger partial charge in [0.05, 0.1) is 6.04 Å². The van der Waals surface area contributed by atoms with Crippen molar-refractivity contribution in [2.24, 2.45) is 0 Å². The maximum Gasteiger partial charge on any atom is 0.226 e. The number of nitrogens with two attached hydrogens (primary N) is 1. The van der Waals surface area contributed by atoms with Crippen molar-refractivity contribution in [3.8, 4) is 0 Å². The minimum atomic E-state index is -0.295. The van der Waals surface area contributed by atoms with Gasteiger partial charge in [0.2, 0.25) is 5.91 Å². The third-order valence-electron chi connectivity index (χ3n) is 4.46. The average molecular weight is 327 g/mol. The predicted octanol–water partition coefficient (Wildman–Crippen LogP) is 4.10. The van der Waals surface area contributed by atoms with E-state index in [0.29, 0.717) is 18.5 Å². The molecule has 0 spiro atoms. The Labute approximate surface area is 141 Å². The van der Waals surface area contributed by atoms with Crippen molar-refractivity contribution in [1.82, 2.24) is 0 Å². The zero-order chi connectivity index (χ0) is 17.3. The van der Waals surface area contributed by atoms with E-state index >= 15 is 0 Å². The molecule has 0 aliphatic carbocycles. The van der Waals surface area contributed by atoms with Crippen LogP contribution < -0.4 is 16.0 Å². The van der Waals surface area contributed by atoms with Crippen molar-refractivity contribution >= 4 is 23.0 Å². The molecule has 0 fully saturated rings. The van der Waals surface area contributed by atoms with Crippen LogP contribution in [0, 0.1) is 5.82 Å². The van der Waals surface area contributed by atoms with Gasteiger partial charge in [-0.1, -0.05) is 6.92 Å². The topological polar surface area (TPSA) is 58.4 Å². The van der Waals surface area contributed by atoms with Gasteiger partial charge in [0.15, 0.2) is 0 Å². The molecular formula is C19H22FN3O. The molecule has 2 atom stereocenters. The van der Waals surface area contributed by atoms with Crippen LogP contribution in [0.1, 0.15) is 38.3 Å². The Kier molecular flexibility index (Phi) is 4.42. The van der Waals surface area contributed by atoms with E-state index in [9.17, 15) is 9.18 Å². The van der Waals surface area contributed by atoms with E-state index in [0.717, 1.165) is 16.9 Å². The Balaban J connectivity index is 1.98. The van der Waals surface area contributed by atoms with Crippen molar-refractivity contribution in [1.29, 1.82) is 0 Å². The predicted molar refractivity (Wildman–Crippen MR) is 95.5 cm³/mol. The highest BCUT2D eigenvalue weighted by atomic mass is 19.1. The van der Waals surface area contributed by atoms with Crippen LogP contribution >= 0.6 is 0 Å². The van der Waals surface area contributed by atoms with Gasteiger partial charge in [-0.25, -0.2) is 4.39 Å². The molecule has 1 aliphatic heterocycles. The molecule has 0 unspecified atom stereocenters. The second-order valence-electron chi connectivity index (χ2n) is 6.22. The lowest BCUT2D eigenvalue weighted by molar-refractivity contribution is -0.118. The molecule has 3 N–H and O–H groups in total. The summed E-state index contributed by atoms with van der Waals surface area (Å²) in [6.45, 7) is 3.87. The molecule has 1 amide bonds. The van der Waals surface area contributed by atoms with E-state index in [1.807, 2.05) is 38.1 Å². The van der Waals surface area contributed by atoms with Crippen LogP contribution in [0.3, 0.4) is 0 Å². The molecule has 24 heavy (non-hydrogen) atoms. The van der Waals surface area contributed by atoms with E-state index in [-0.39, 0.29) is 23.8 Å². The summed E-state index contributed by atoms with van der Waals surface area (Å²) < 4.78 is 13.8. The molecule has 1 heterocycles. The molecule has 0 saturated carbocycles. The molecular weight excluding hydrogens is 305 g/mol. The number of benzene rings is 2. The summed E-state index contributed by atoms with van der Waals surface area (Å²) in [6.07, 6.45) is 1.14. The first-order valence-corrected chi connectivity index (χ1v) is 8.23. The number of amides is 1. The Morgan fingerprint density at radius 2 is 2.00 bits per heavy atom. The first kappa shape index (κ1) is 16.3. The first-order chi connectivity index (χ1) is 11.5. The maximum absolute atomic E-state index is 13.8. The lowest BCUT2D eigenvalue weighted by Gasteiger charge is -2.40. The smallest absolute Gasteiger partial charge is 0.226 e. The number of rotatable bonds is 3. The average Bonchev–Trinajstić information content (AvgIpc) is 2.57. The highest BCUT2D eigenvalue weighted by Gasteiger charge is 2.33. The van der Waals surface area contributed by atoms with Crippen LogP contribution in [-0.4, -0.2) is 11.9 Å². The normalized spacial score (nSPS) is 19.7. The Morgan fingerprint density at radius 3 is 2.67 bits per heavy atom. The maximum atomic E-state index is 13.8. The van der Waals surface area contributed by atoms with E-state index in [2.05, 4.69) is 5.32 Å². The molecule has 0 radical (unpaired) electrons. The Hall–Kier alpha value is -2.56. The Bertz CT molecular complexity index is 745. The number of nitrogen functional groups attached to an aromatic ring is 1. The van der Waals surface area contributed by atoms with Gasteiger partial charge >= 0.3 is 0 Å². The Morgan fingerprint density at radius 1 is 1.29 bits per heavy atom. The second kappa shape index (κ2) is 6.51. The van der Waals surface area contributed by atoms with Crippen LogP contribution in [0.5, 0.6) is 0 Å². The summed E-state index contributed by atoms with van der Waals surface area (Å²) in [5.74, 6) is -0.238. The van der Waals surface area contributed by atoms with Gasteiger partial charge in [0.25, 0.3) is 0 Å². The number of nitrogens with zero attached hydrogens (tertiary/aromatic N) is 1. The number of nitrogens with one attached hydrogen (secondary N) is 1. The van der Waals surface area contributed by atoms with Crippen molar-refractivity contribution < 1.29 is 9.18 Å². The highest BCUT2D eigenvalue weighted by molar-refractivity contribution is 5.95. The lowest BCUT2D eigenvalue weighted by atomic mass is 9.91. The third-order valence-corrected chi connectivity index (χ3v) is 4.46. The molecule has 3 rings (SSSR count). The standard InChI is InChI=1S/C19H22FN3O/c1-3-19(24)23-12(2)10-17(16-11-13(20)4-9-18(16)23)22-15-7-5-14(21)6-8-15/h4-9,11-12,17,22H,3,10,21H2,1-2H3/t12-,17+/m0/s1. The number of carbonyl (C=O) groups excluding carboxylic acids is 1. The largest absolute Gasteiger partial charge is 0.399 e. The molecule has 2 aromatic carbocycles. The minimum absolute atomic E-state index is 0.0432. The van der Waals surface area contributed by atoms with Gasteiger partial charge < -0.3 is 16.0 Å². The van der Waals surface area contributed by atoms with Crippen LogP contribution in [0.4, 0.5) is 21.5 Å². The van der Waals surface area contributed by atoms with Gasteiger partial charge in [-0.05, 0) is 55.8 Å². The molecule has 126 valence electrons. The van der Waals surface area contributed by atoms with Crippen molar-refractivity contribution in [3.05, 3.63) is 53.8 Å². The van der Waals surface area contributed by atoms with E-state index in [1.54, 1.807) is 11.0 Å². The van der Waals surface area contributed by atoms with Crippen LogP contribution in [0.2, 0.25) is 0 Å². The molecule has 5 heteroatoms. The fourth-order valence-electron chi connectivity index (χ4n) is 3.30. The number of fused-ring (bicyclic) bond motifs is 1. The van der Waals surface area contributed by atoms with Gasteiger partial charge in [0, 0.05) is 35.1 Å². The van der Waals surface area contributed by atoms with Gasteiger partial charge in [-0.15, -0.1) is 0 Å². The van der Waals surface area contributed by atoms with Crippen molar-refractivity contribution in [3.63, 3.8) is 0 Å². The van der Waals surface area contributed by atoms with Crippen molar-refractivity contribution in [2.45, 2.75) is 38.8 Å². The fraction of sp³-hybridized carbons (Fsp3) is 0.316. The highest BCUT2D eigenvalue weighted by Crippen LogP contribution is 2.39. The number of anilines is 3. The molecule has 4 nitrogen and oxygen atoms in total. The van der Waals surface area contributed by atoms with Crippen LogP contribution in [0.15, 0.2) is 42.5 Å². The zero-order valence-corrected chi connectivity index (χ0v) is 13.9. The number of carbonyl (C=O) groups is 1. The number of hydrogen-bond acceptors (Lipinski definition) is 3. The lowest BCUT2D eigenvalue weighted by Crippen LogP contribution is -2.44. The van der Waals surface area contributed by atoms with Crippen LogP contribution in [-0.2, 0) is 4.79 Å². The number of hydrogen-bond donors (Lipinski definition) is 2. The summed E-state index contributed by atoms with van der Waals surface area (Å²) in [5, 5.41) is 3.44. The van der Waals surface area contributed by atoms with Crippen LogP contribution in [0.25, 0.3) is 0 Å².